The number of aliphatic hydroxyl groups excluding tert-OH is 1. The second-order valence-corrected chi connectivity index (χ2v) is 6.19. The van der Waals surface area contributed by atoms with Gasteiger partial charge >= 0.3 is 6.18 Å². The molecular weight excluding hydrogens is 331 g/mol. The van der Waals surface area contributed by atoms with E-state index in [1.807, 2.05) is 30.3 Å². The summed E-state index contributed by atoms with van der Waals surface area (Å²) >= 11 is 0. The van der Waals surface area contributed by atoms with Gasteiger partial charge in [-0.05, 0) is 17.7 Å². The van der Waals surface area contributed by atoms with Crippen molar-refractivity contribution in [2.45, 2.75) is 18.8 Å². The van der Waals surface area contributed by atoms with Gasteiger partial charge in [0, 0.05) is 38.9 Å². The van der Waals surface area contributed by atoms with E-state index >= 15 is 0 Å². The van der Waals surface area contributed by atoms with Crippen molar-refractivity contribution in [3.8, 4) is 0 Å². The molecule has 2 aromatic rings. The summed E-state index contributed by atoms with van der Waals surface area (Å²) < 4.78 is 39.7. The zero-order chi connectivity index (χ0) is 17.9. The van der Waals surface area contributed by atoms with E-state index in [2.05, 4.69) is 9.88 Å². The molecule has 1 aromatic carbocycles. The van der Waals surface area contributed by atoms with Gasteiger partial charge < -0.3 is 10.0 Å². The van der Waals surface area contributed by atoms with Gasteiger partial charge in [-0.25, -0.2) is 4.98 Å². The Bertz CT molecular complexity index is 693. The van der Waals surface area contributed by atoms with Crippen LogP contribution in [0.15, 0.2) is 48.7 Å². The van der Waals surface area contributed by atoms with E-state index in [4.69, 9.17) is 0 Å². The van der Waals surface area contributed by atoms with Gasteiger partial charge in [-0.1, -0.05) is 30.3 Å². The van der Waals surface area contributed by atoms with Gasteiger partial charge in [0.15, 0.2) is 0 Å². The predicted molar refractivity (Wildman–Crippen MR) is 89.2 cm³/mol. The number of alkyl halides is 3. The Hall–Kier alpha value is -2.12. The Morgan fingerprint density at radius 1 is 1.04 bits per heavy atom. The van der Waals surface area contributed by atoms with Crippen molar-refractivity contribution in [3.63, 3.8) is 0 Å². The molecule has 134 valence electrons. The van der Waals surface area contributed by atoms with Crippen LogP contribution in [-0.4, -0.2) is 47.3 Å². The van der Waals surface area contributed by atoms with Crippen molar-refractivity contribution in [1.82, 2.24) is 9.88 Å². The van der Waals surface area contributed by atoms with Crippen LogP contribution < -0.4 is 4.90 Å². The van der Waals surface area contributed by atoms with E-state index in [1.54, 1.807) is 0 Å². The summed E-state index contributed by atoms with van der Waals surface area (Å²) in [6.45, 7) is 2.13. The van der Waals surface area contributed by atoms with Gasteiger partial charge in [0.25, 0.3) is 0 Å². The number of pyridine rings is 1. The number of aliphatic hydroxyl groups is 1. The lowest BCUT2D eigenvalue weighted by molar-refractivity contribution is -0.137. The van der Waals surface area contributed by atoms with Gasteiger partial charge in [0.1, 0.15) is 5.82 Å². The Kier molecular flexibility index (Phi) is 5.24. The van der Waals surface area contributed by atoms with Crippen molar-refractivity contribution in [3.05, 3.63) is 59.8 Å². The van der Waals surface area contributed by atoms with Crippen molar-refractivity contribution in [1.29, 1.82) is 0 Å². The van der Waals surface area contributed by atoms with Crippen LogP contribution >= 0.6 is 0 Å². The topological polar surface area (TPSA) is 39.6 Å². The lowest BCUT2D eigenvalue weighted by atomic mass is 10.2. The molecular formula is C18H20F3N3O. The molecule has 2 heterocycles. The summed E-state index contributed by atoms with van der Waals surface area (Å²) in [5.41, 5.74) is 0.343. The highest BCUT2D eigenvalue weighted by Gasteiger charge is 2.36. The number of rotatable bonds is 3. The molecule has 0 radical (unpaired) electrons. The van der Waals surface area contributed by atoms with Crippen molar-refractivity contribution < 1.29 is 18.3 Å². The summed E-state index contributed by atoms with van der Waals surface area (Å²) in [6.07, 6.45) is -3.86. The van der Waals surface area contributed by atoms with Gasteiger partial charge in [0.2, 0.25) is 0 Å². The molecule has 0 spiro atoms. The highest BCUT2D eigenvalue weighted by Crippen LogP contribution is 2.35. The van der Waals surface area contributed by atoms with Gasteiger partial charge in [-0.2, -0.15) is 13.2 Å². The Morgan fingerprint density at radius 2 is 1.80 bits per heavy atom. The standard InChI is InChI=1S/C18H20F3N3O/c19-18(20,21)16-7-4-8-22-17(16)24-10-9-23(12-15(25)13-24)11-14-5-2-1-3-6-14/h1-8,15,25H,9-13H2/t15-/m1/s1. The molecule has 0 saturated carbocycles. The highest BCUT2D eigenvalue weighted by atomic mass is 19.4. The normalized spacial score (nSPS) is 19.7. The number of anilines is 1. The fraction of sp³-hybridized carbons (Fsp3) is 0.389. The number of nitrogens with zero attached hydrogens (tertiary/aromatic N) is 3. The molecule has 1 fully saturated rings. The molecule has 1 atom stereocenters. The first-order valence-electron chi connectivity index (χ1n) is 8.15. The fourth-order valence-corrected chi connectivity index (χ4v) is 3.10. The highest BCUT2D eigenvalue weighted by molar-refractivity contribution is 5.48. The number of β-amino-alcohol motifs (C(OH)–C–C–N with tert-alkyl or cyclic N) is 1. The summed E-state index contributed by atoms with van der Waals surface area (Å²) in [5.74, 6) is -0.115. The summed E-state index contributed by atoms with van der Waals surface area (Å²) in [4.78, 5) is 7.51. The van der Waals surface area contributed by atoms with Crippen LogP contribution in [-0.2, 0) is 12.7 Å². The minimum absolute atomic E-state index is 0.115. The lowest BCUT2D eigenvalue weighted by Gasteiger charge is -2.25. The summed E-state index contributed by atoms with van der Waals surface area (Å²) in [5, 5.41) is 10.3. The van der Waals surface area contributed by atoms with Crippen LogP contribution in [0.5, 0.6) is 0 Å². The third-order valence-corrected chi connectivity index (χ3v) is 4.23. The van der Waals surface area contributed by atoms with Crippen LogP contribution in [0, 0.1) is 0 Å². The molecule has 0 bridgehead atoms. The Balaban J connectivity index is 1.76. The maximum atomic E-state index is 13.2. The van der Waals surface area contributed by atoms with Gasteiger partial charge in [0.05, 0.1) is 11.7 Å². The molecule has 1 aromatic heterocycles. The molecule has 1 aliphatic rings. The quantitative estimate of drug-likeness (QED) is 0.923. The van der Waals surface area contributed by atoms with Crippen LogP contribution in [0.3, 0.4) is 0 Å². The van der Waals surface area contributed by atoms with Crippen molar-refractivity contribution >= 4 is 5.82 Å². The second-order valence-electron chi connectivity index (χ2n) is 6.19. The third-order valence-electron chi connectivity index (χ3n) is 4.23. The fourth-order valence-electron chi connectivity index (χ4n) is 3.10. The van der Waals surface area contributed by atoms with E-state index in [1.165, 1.54) is 17.2 Å². The monoisotopic (exact) mass is 351 g/mol. The van der Waals surface area contributed by atoms with E-state index in [-0.39, 0.29) is 12.4 Å². The Morgan fingerprint density at radius 3 is 2.52 bits per heavy atom. The predicted octanol–water partition coefficient (Wildman–Crippen LogP) is 2.78. The van der Waals surface area contributed by atoms with Crippen LogP contribution in [0.2, 0.25) is 0 Å². The SMILES string of the molecule is O[C@@H]1CN(Cc2ccccc2)CCN(c2ncccc2C(F)(F)F)C1. The molecule has 1 N–H and O–H groups in total. The van der Waals surface area contributed by atoms with E-state index < -0.39 is 17.8 Å². The molecule has 25 heavy (non-hydrogen) atoms. The number of hydrogen-bond acceptors (Lipinski definition) is 4. The molecule has 0 aliphatic carbocycles. The lowest BCUT2D eigenvalue weighted by Crippen LogP contribution is -2.34. The van der Waals surface area contributed by atoms with E-state index in [0.717, 1.165) is 11.6 Å². The summed E-state index contributed by atoms with van der Waals surface area (Å²) in [6, 6.07) is 12.1. The molecule has 3 rings (SSSR count). The maximum Gasteiger partial charge on any atom is 0.419 e. The molecule has 4 nitrogen and oxygen atoms in total. The second kappa shape index (κ2) is 7.41. The van der Waals surface area contributed by atoms with Gasteiger partial charge in [-0.15, -0.1) is 0 Å². The van der Waals surface area contributed by atoms with Gasteiger partial charge in [-0.3, -0.25) is 4.90 Å². The molecule has 0 unspecified atom stereocenters. The minimum atomic E-state index is -4.47. The number of halogens is 3. The molecule has 1 aliphatic heterocycles. The zero-order valence-electron chi connectivity index (χ0n) is 13.7. The average molecular weight is 351 g/mol. The number of aromatic nitrogens is 1. The van der Waals surface area contributed by atoms with Crippen molar-refractivity contribution in [2.24, 2.45) is 0 Å². The Labute approximate surface area is 144 Å². The maximum absolute atomic E-state index is 13.2. The van der Waals surface area contributed by atoms with Crippen LogP contribution in [0.25, 0.3) is 0 Å². The van der Waals surface area contributed by atoms with Crippen LogP contribution in [0.1, 0.15) is 11.1 Å². The largest absolute Gasteiger partial charge is 0.419 e. The number of hydrogen-bond donors (Lipinski definition) is 1. The number of benzene rings is 1. The first-order valence-corrected chi connectivity index (χ1v) is 8.15. The minimum Gasteiger partial charge on any atom is -0.390 e. The molecule has 1 saturated heterocycles. The smallest absolute Gasteiger partial charge is 0.390 e. The molecule has 7 heteroatoms. The first-order chi connectivity index (χ1) is 11.9. The van der Waals surface area contributed by atoms with E-state index in [0.29, 0.717) is 26.2 Å². The van der Waals surface area contributed by atoms with E-state index in [9.17, 15) is 18.3 Å². The van der Waals surface area contributed by atoms with Crippen LogP contribution in [0.4, 0.5) is 19.0 Å². The summed E-state index contributed by atoms with van der Waals surface area (Å²) in [7, 11) is 0. The average Bonchev–Trinajstić information content (AvgIpc) is 2.76. The first kappa shape index (κ1) is 17.7. The van der Waals surface area contributed by atoms with Crippen molar-refractivity contribution in [2.75, 3.05) is 31.1 Å². The third kappa shape index (κ3) is 4.49. The molecule has 0 amide bonds. The zero-order valence-corrected chi connectivity index (χ0v) is 13.7.